The van der Waals surface area contributed by atoms with Crippen LogP contribution in [0.25, 0.3) is 10.9 Å². The molecule has 0 saturated carbocycles. The van der Waals surface area contributed by atoms with Crippen molar-refractivity contribution in [2.45, 2.75) is 12.8 Å². The van der Waals surface area contributed by atoms with Crippen LogP contribution in [0.3, 0.4) is 0 Å². The van der Waals surface area contributed by atoms with E-state index in [2.05, 4.69) is 15.5 Å². The van der Waals surface area contributed by atoms with Crippen LogP contribution >= 0.6 is 0 Å². The molecule has 2 N–H and O–H groups in total. The molecule has 0 aliphatic heterocycles. The van der Waals surface area contributed by atoms with E-state index < -0.39 is 0 Å². The highest BCUT2D eigenvalue weighted by Crippen LogP contribution is 2.20. The Morgan fingerprint density at radius 1 is 1.14 bits per heavy atom. The van der Waals surface area contributed by atoms with Crippen LogP contribution in [0.5, 0.6) is 5.75 Å². The number of amides is 1. The van der Waals surface area contributed by atoms with Crippen LogP contribution in [0.1, 0.15) is 12.8 Å². The van der Waals surface area contributed by atoms with Gasteiger partial charge in [0.1, 0.15) is 5.75 Å². The number of nitrogens with zero attached hydrogens (tertiary/aromatic N) is 1. The average Bonchev–Trinajstić information content (AvgIpc) is 3.02. The third-order valence-electron chi connectivity index (χ3n) is 3.31. The number of carbonyl (C=O) groups excluding carboxylic acids is 1. The van der Waals surface area contributed by atoms with Gasteiger partial charge in [-0.2, -0.15) is 5.10 Å². The summed E-state index contributed by atoms with van der Waals surface area (Å²) in [4.78, 5) is 12.0. The summed E-state index contributed by atoms with van der Waals surface area (Å²) in [5.41, 5.74) is 1.60. The van der Waals surface area contributed by atoms with Gasteiger partial charge in [-0.25, -0.2) is 0 Å². The fourth-order valence-corrected chi connectivity index (χ4v) is 2.23. The molecule has 0 spiro atoms. The number of aromatic amines is 1. The normalized spacial score (nSPS) is 10.5. The summed E-state index contributed by atoms with van der Waals surface area (Å²) in [7, 11) is 0. The highest BCUT2D eigenvalue weighted by Gasteiger charge is 2.07. The third kappa shape index (κ3) is 3.44. The van der Waals surface area contributed by atoms with Crippen LogP contribution in [0.15, 0.2) is 54.7 Å². The van der Waals surface area contributed by atoms with Gasteiger partial charge in [-0.15, -0.1) is 0 Å². The SMILES string of the molecule is O=C(CCCOc1ccccc1)Nc1cccc2cn[nH]c12. The highest BCUT2D eigenvalue weighted by atomic mass is 16.5. The van der Waals surface area contributed by atoms with E-state index in [1.807, 2.05) is 48.5 Å². The zero-order valence-corrected chi connectivity index (χ0v) is 12.1. The van der Waals surface area contributed by atoms with E-state index in [9.17, 15) is 4.79 Å². The number of ether oxygens (including phenoxy) is 1. The molecule has 1 amide bonds. The fraction of sp³-hybridized carbons (Fsp3) is 0.176. The molecule has 5 heteroatoms. The maximum atomic E-state index is 12.0. The zero-order valence-electron chi connectivity index (χ0n) is 12.1. The molecule has 112 valence electrons. The van der Waals surface area contributed by atoms with Crippen LogP contribution in [0.2, 0.25) is 0 Å². The number of anilines is 1. The van der Waals surface area contributed by atoms with E-state index in [0.717, 1.165) is 22.3 Å². The predicted molar refractivity (Wildman–Crippen MR) is 85.9 cm³/mol. The topological polar surface area (TPSA) is 67.0 Å². The molecule has 3 aromatic rings. The van der Waals surface area contributed by atoms with Gasteiger partial charge in [0.2, 0.25) is 5.91 Å². The van der Waals surface area contributed by atoms with Gasteiger partial charge < -0.3 is 10.1 Å². The van der Waals surface area contributed by atoms with E-state index >= 15 is 0 Å². The minimum absolute atomic E-state index is 0.0289. The lowest BCUT2D eigenvalue weighted by Gasteiger charge is -2.07. The van der Waals surface area contributed by atoms with E-state index in [4.69, 9.17) is 4.74 Å². The predicted octanol–water partition coefficient (Wildman–Crippen LogP) is 3.36. The second kappa shape index (κ2) is 6.76. The van der Waals surface area contributed by atoms with Crippen molar-refractivity contribution in [2.75, 3.05) is 11.9 Å². The van der Waals surface area contributed by atoms with E-state index in [1.54, 1.807) is 6.20 Å². The number of fused-ring (bicyclic) bond motifs is 1. The maximum absolute atomic E-state index is 12.0. The smallest absolute Gasteiger partial charge is 0.224 e. The molecule has 3 rings (SSSR count). The molecular formula is C17H17N3O2. The highest BCUT2D eigenvalue weighted by molar-refractivity contribution is 6.00. The molecule has 0 fully saturated rings. The van der Waals surface area contributed by atoms with Crippen LogP contribution in [0, 0.1) is 0 Å². The lowest BCUT2D eigenvalue weighted by molar-refractivity contribution is -0.116. The summed E-state index contributed by atoms with van der Waals surface area (Å²) in [5.74, 6) is 0.795. The number of hydrogen-bond acceptors (Lipinski definition) is 3. The van der Waals surface area contributed by atoms with Crippen molar-refractivity contribution in [2.24, 2.45) is 0 Å². The Hall–Kier alpha value is -2.82. The van der Waals surface area contributed by atoms with Crippen LogP contribution < -0.4 is 10.1 Å². The molecule has 0 saturated heterocycles. The number of nitrogens with one attached hydrogen (secondary N) is 2. The summed E-state index contributed by atoms with van der Waals surface area (Å²) in [6.07, 6.45) is 2.82. The van der Waals surface area contributed by atoms with Crippen molar-refractivity contribution in [3.63, 3.8) is 0 Å². The molecule has 0 aliphatic carbocycles. The first-order valence-corrected chi connectivity index (χ1v) is 7.23. The molecular weight excluding hydrogens is 278 g/mol. The number of rotatable bonds is 6. The van der Waals surface area contributed by atoms with Crippen molar-refractivity contribution in [3.05, 3.63) is 54.7 Å². The molecule has 1 aromatic heterocycles. The Balaban J connectivity index is 1.48. The maximum Gasteiger partial charge on any atom is 0.224 e. The van der Waals surface area contributed by atoms with Gasteiger partial charge in [0, 0.05) is 11.8 Å². The second-order valence-electron chi connectivity index (χ2n) is 4.95. The van der Waals surface area contributed by atoms with Gasteiger partial charge in [-0.05, 0) is 24.6 Å². The number of hydrogen-bond donors (Lipinski definition) is 2. The minimum atomic E-state index is -0.0289. The molecule has 1 heterocycles. The lowest BCUT2D eigenvalue weighted by Crippen LogP contribution is -2.13. The molecule has 0 unspecified atom stereocenters. The van der Waals surface area contributed by atoms with Crippen molar-refractivity contribution in [3.8, 4) is 5.75 Å². The lowest BCUT2D eigenvalue weighted by atomic mass is 10.2. The number of benzene rings is 2. The van der Waals surface area contributed by atoms with Crippen LogP contribution in [-0.2, 0) is 4.79 Å². The Morgan fingerprint density at radius 3 is 2.86 bits per heavy atom. The van der Waals surface area contributed by atoms with Crippen LogP contribution in [0.4, 0.5) is 5.69 Å². The van der Waals surface area contributed by atoms with Gasteiger partial charge >= 0.3 is 0 Å². The zero-order chi connectivity index (χ0) is 15.2. The van der Waals surface area contributed by atoms with Gasteiger partial charge in [-0.3, -0.25) is 9.89 Å². The average molecular weight is 295 g/mol. The summed E-state index contributed by atoms with van der Waals surface area (Å²) >= 11 is 0. The molecule has 0 aliphatic rings. The number of carbonyl (C=O) groups is 1. The molecule has 5 nitrogen and oxygen atoms in total. The Morgan fingerprint density at radius 2 is 2.00 bits per heavy atom. The van der Waals surface area contributed by atoms with Crippen molar-refractivity contribution >= 4 is 22.5 Å². The molecule has 2 aromatic carbocycles. The largest absolute Gasteiger partial charge is 0.494 e. The Kier molecular flexibility index (Phi) is 4.34. The minimum Gasteiger partial charge on any atom is -0.494 e. The van der Waals surface area contributed by atoms with Crippen molar-refractivity contribution in [1.82, 2.24) is 10.2 Å². The molecule has 0 bridgehead atoms. The summed E-state index contributed by atoms with van der Waals surface area (Å²) in [6.45, 7) is 0.520. The Bertz CT molecular complexity index is 753. The van der Waals surface area contributed by atoms with Gasteiger partial charge in [-0.1, -0.05) is 30.3 Å². The Labute approximate surface area is 128 Å². The van der Waals surface area contributed by atoms with Gasteiger partial charge in [0.25, 0.3) is 0 Å². The summed E-state index contributed by atoms with van der Waals surface area (Å²) < 4.78 is 5.57. The first-order chi connectivity index (χ1) is 10.8. The van der Waals surface area contributed by atoms with E-state index in [-0.39, 0.29) is 5.91 Å². The van der Waals surface area contributed by atoms with Crippen molar-refractivity contribution in [1.29, 1.82) is 0 Å². The second-order valence-corrected chi connectivity index (χ2v) is 4.95. The first-order valence-electron chi connectivity index (χ1n) is 7.23. The number of para-hydroxylation sites is 2. The monoisotopic (exact) mass is 295 g/mol. The van der Waals surface area contributed by atoms with E-state index in [0.29, 0.717) is 19.4 Å². The number of aromatic nitrogens is 2. The molecule has 22 heavy (non-hydrogen) atoms. The fourth-order valence-electron chi connectivity index (χ4n) is 2.23. The molecule has 0 radical (unpaired) electrons. The standard InChI is InChI=1S/C17H17N3O2/c21-16(10-5-11-22-14-7-2-1-3-8-14)19-15-9-4-6-13-12-18-20-17(13)15/h1-4,6-9,12H,5,10-11H2,(H,18,20)(H,19,21). The summed E-state index contributed by atoms with van der Waals surface area (Å²) in [5, 5.41) is 10.8. The van der Waals surface area contributed by atoms with Gasteiger partial charge in [0.05, 0.1) is 24.0 Å². The first kappa shape index (κ1) is 14.1. The molecule has 0 atom stereocenters. The summed E-state index contributed by atoms with van der Waals surface area (Å²) in [6, 6.07) is 15.3. The third-order valence-corrected chi connectivity index (χ3v) is 3.31. The van der Waals surface area contributed by atoms with Crippen molar-refractivity contribution < 1.29 is 9.53 Å². The van der Waals surface area contributed by atoms with E-state index in [1.165, 1.54) is 0 Å². The van der Waals surface area contributed by atoms with Gasteiger partial charge in [0.15, 0.2) is 0 Å². The number of H-pyrrole nitrogens is 1. The van der Waals surface area contributed by atoms with Crippen LogP contribution in [-0.4, -0.2) is 22.7 Å². The quantitative estimate of drug-likeness (QED) is 0.685.